The molecule has 0 spiro atoms. The van der Waals surface area contributed by atoms with Crippen molar-refractivity contribution in [2.45, 2.75) is 6.92 Å². The fraction of sp³-hybridized carbons (Fsp3) is 0.0952. The van der Waals surface area contributed by atoms with Gasteiger partial charge >= 0.3 is 0 Å². The highest BCUT2D eigenvalue weighted by Gasteiger charge is 2.08. The largest absolute Gasteiger partial charge is 0.484 e. The van der Waals surface area contributed by atoms with E-state index in [1.165, 1.54) is 13.3 Å². The Kier molecular flexibility index (Phi) is 4.98. The zero-order valence-corrected chi connectivity index (χ0v) is 15.6. The Balaban J connectivity index is 1.40. The third-order valence-electron chi connectivity index (χ3n) is 4.23. The molecule has 0 aliphatic rings. The highest BCUT2D eigenvalue weighted by atomic mass is 16.5. The van der Waals surface area contributed by atoms with Crippen LogP contribution in [0.1, 0.15) is 17.3 Å². The molecule has 29 heavy (non-hydrogen) atoms. The Morgan fingerprint density at radius 3 is 2.69 bits per heavy atom. The molecule has 4 rings (SSSR count). The van der Waals surface area contributed by atoms with Gasteiger partial charge in [-0.2, -0.15) is 9.61 Å². The van der Waals surface area contributed by atoms with Gasteiger partial charge in [0.25, 0.3) is 5.91 Å². The third-order valence-corrected chi connectivity index (χ3v) is 4.23. The van der Waals surface area contributed by atoms with E-state index in [0.717, 1.165) is 11.3 Å². The van der Waals surface area contributed by atoms with Gasteiger partial charge in [-0.25, -0.2) is 0 Å². The first-order valence-electron chi connectivity index (χ1n) is 8.90. The van der Waals surface area contributed by atoms with Crippen LogP contribution >= 0.6 is 0 Å². The summed E-state index contributed by atoms with van der Waals surface area (Å²) in [4.78, 5) is 23.5. The van der Waals surface area contributed by atoms with Gasteiger partial charge in [0.1, 0.15) is 12.1 Å². The lowest BCUT2D eigenvalue weighted by Crippen LogP contribution is -2.20. The fourth-order valence-corrected chi connectivity index (χ4v) is 2.77. The van der Waals surface area contributed by atoms with Crippen LogP contribution in [0.3, 0.4) is 0 Å². The van der Waals surface area contributed by atoms with Crippen LogP contribution in [0, 0.1) is 0 Å². The standard InChI is InChI=1S/C21H17N5O3/c1-14(27)15-5-7-18(8-6-15)29-12-21(28)23-17-4-2-3-16(11-17)19-9-10-20-24-22-13-26(20)25-19/h2-11,13H,12H2,1H3,(H,23,28). The molecule has 2 heterocycles. The number of ether oxygens (including phenoxy) is 1. The van der Waals surface area contributed by atoms with Crippen molar-refractivity contribution >= 4 is 23.0 Å². The number of anilines is 1. The molecule has 0 aliphatic carbocycles. The Hall–Kier alpha value is -4.07. The summed E-state index contributed by atoms with van der Waals surface area (Å²) in [6.45, 7) is 1.35. The first-order valence-corrected chi connectivity index (χ1v) is 8.90. The maximum Gasteiger partial charge on any atom is 0.262 e. The summed E-state index contributed by atoms with van der Waals surface area (Å²) >= 11 is 0. The summed E-state index contributed by atoms with van der Waals surface area (Å²) in [7, 11) is 0. The Morgan fingerprint density at radius 1 is 1.07 bits per heavy atom. The van der Waals surface area contributed by atoms with E-state index in [-0.39, 0.29) is 18.3 Å². The van der Waals surface area contributed by atoms with E-state index < -0.39 is 0 Å². The highest BCUT2D eigenvalue weighted by Crippen LogP contribution is 2.21. The molecule has 1 amide bonds. The van der Waals surface area contributed by atoms with Crippen LogP contribution in [0.25, 0.3) is 16.9 Å². The van der Waals surface area contributed by atoms with E-state index in [1.807, 2.05) is 30.3 Å². The van der Waals surface area contributed by atoms with E-state index in [2.05, 4.69) is 20.6 Å². The molecule has 144 valence electrons. The van der Waals surface area contributed by atoms with Gasteiger partial charge < -0.3 is 10.1 Å². The minimum atomic E-state index is -0.292. The number of amides is 1. The Bertz CT molecular complexity index is 1180. The molecule has 0 fully saturated rings. The van der Waals surface area contributed by atoms with Crippen molar-refractivity contribution in [1.29, 1.82) is 0 Å². The third kappa shape index (κ3) is 4.27. The minimum Gasteiger partial charge on any atom is -0.484 e. The van der Waals surface area contributed by atoms with Crippen molar-refractivity contribution in [1.82, 2.24) is 19.8 Å². The van der Waals surface area contributed by atoms with Crippen molar-refractivity contribution in [3.05, 3.63) is 72.6 Å². The second-order valence-electron chi connectivity index (χ2n) is 6.35. The highest BCUT2D eigenvalue weighted by molar-refractivity contribution is 5.94. The zero-order chi connectivity index (χ0) is 20.2. The molecule has 1 N–H and O–H groups in total. The number of Topliss-reactive ketones (excluding diaryl/α,β-unsaturated/α-hetero) is 1. The fourth-order valence-electron chi connectivity index (χ4n) is 2.77. The van der Waals surface area contributed by atoms with Crippen molar-refractivity contribution < 1.29 is 14.3 Å². The molecule has 0 bridgehead atoms. The van der Waals surface area contributed by atoms with Crippen LogP contribution in [0.2, 0.25) is 0 Å². The van der Waals surface area contributed by atoms with Gasteiger partial charge in [0.2, 0.25) is 0 Å². The molecule has 0 unspecified atom stereocenters. The number of aromatic nitrogens is 4. The van der Waals surface area contributed by atoms with Gasteiger partial charge in [0, 0.05) is 16.8 Å². The van der Waals surface area contributed by atoms with Gasteiger partial charge in [0.15, 0.2) is 18.0 Å². The summed E-state index contributed by atoms with van der Waals surface area (Å²) in [6, 6.07) is 17.7. The molecule has 8 heteroatoms. The zero-order valence-electron chi connectivity index (χ0n) is 15.6. The topological polar surface area (TPSA) is 98.5 Å². The Morgan fingerprint density at radius 2 is 1.90 bits per heavy atom. The van der Waals surface area contributed by atoms with E-state index in [9.17, 15) is 9.59 Å². The average Bonchev–Trinajstić information content (AvgIpc) is 3.20. The first kappa shape index (κ1) is 18.3. The van der Waals surface area contributed by atoms with Gasteiger partial charge in [-0.1, -0.05) is 12.1 Å². The second-order valence-corrected chi connectivity index (χ2v) is 6.35. The smallest absolute Gasteiger partial charge is 0.262 e. The lowest BCUT2D eigenvalue weighted by molar-refractivity contribution is -0.118. The number of rotatable bonds is 6. The minimum absolute atomic E-state index is 0.0212. The predicted molar refractivity (Wildman–Crippen MR) is 107 cm³/mol. The molecule has 2 aromatic heterocycles. The maximum atomic E-state index is 12.2. The van der Waals surface area contributed by atoms with Crippen molar-refractivity contribution in [3.63, 3.8) is 0 Å². The molecule has 0 saturated carbocycles. The molecule has 2 aromatic carbocycles. The number of fused-ring (bicyclic) bond motifs is 1. The van der Waals surface area contributed by atoms with E-state index in [4.69, 9.17) is 4.74 Å². The van der Waals surface area contributed by atoms with Crippen LogP contribution < -0.4 is 10.1 Å². The number of carbonyl (C=O) groups is 2. The van der Waals surface area contributed by atoms with E-state index in [1.54, 1.807) is 34.8 Å². The molecular weight excluding hydrogens is 370 g/mol. The van der Waals surface area contributed by atoms with Crippen molar-refractivity contribution in [2.75, 3.05) is 11.9 Å². The summed E-state index contributed by atoms with van der Waals surface area (Å²) in [5, 5.41) is 15.0. The average molecular weight is 387 g/mol. The normalized spacial score (nSPS) is 10.7. The number of benzene rings is 2. The SMILES string of the molecule is CC(=O)c1ccc(OCC(=O)Nc2cccc(-c3ccc4nncn4n3)c2)cc1. The summed E-state index contributed by atoms with van der Waals surface area (Å²) < 4.78 is 7.07. The molecular formula is C21H17N5O3. The molecule has 0 aliphatic heterocycles. The molecule has 0 atom stereocenters. The summed E-state index contributed by atoms with van der Waals surface area (Å²) in [5.74, 6) is 0.206. The summed E-state index contributed by atoms with van der Waals surface area (Å²) in [5.41, 5.74) is 3.46. The number of hydrogen-bond donors (Lipinski definition) is 1. The lowest BCUT2D eigenvalue weighted by Gasteiger charge is -2.09. The number of nitrogens with zero attached hydrogens (tertiary/aromatic N) is 4. The molecule has 0 saturated heterocycles. The number of ketones is 1. The second kappa shape index (κ2) is 7.89. The number of carbonyl (C=O) groups excluding carboxylic acids is 2. The van der Waals surface area contributed by atoms with E-state index in [0.29, 0.717) is 22.6 Å². The number of hydrogen-bond acceptors (Lipinski definition) is 6. The van der Waals surface area contributed by atoms with Crippen LogP contribution in [-0.4, -0.2) is 38.1 Å². The predicted octanol–water partition coefficient (Wildman–Crippen LogP) is 3.01. The quantitative estimate of drug-likeness (QED) is 0.511. The van der Waals surface area contributed by atoms with Gasteiger partial charge in [0.05, 0.1) is 5.69 Å². The lowest BCUT2D eigenvalue weighted by atomic mass is 10.1. The van der Waals surface area contributed by atoms with Gasteiger partial charge in [-0.3, -0.25) is 9.59 Å². The van der Waals surface area contributed by atoms with Crippen LogP contribution in [0.4, 0.5) is 5.69 Å². The van der Waals surface area contributed by atoms with E-state index >= 15 is 0 Å². The maximum absolute atomic E-state index is 12.2. The monoisotopic (exact) mass is 387 g/mol. The molecule has 8 nitrogen and oxygen atoms in total. The van der Waals surface area contributed by atoms with Gasteiger partial charge in [-0.05, 0) is 55.5 Å². The van der Waals surface area contributed by atoms with Crippen LogP contribution in [0.5, 0.6) is 5.75 Å². The summed E-state index contributed by atoms with van der Waals surface area (Å²) in [6.07, 6.45) is 1.53. The molecule has 0 radical (unpaired) electrons. The first-order chi connectivity index (χ1) is 14.1. The number of nitrogens with one attached hydrogen (secondary N) is 1. The van der Waals surface area contributed by atoms with Crippen molar-refractivity contribution in [3.8, 4) is 17.0 Å². The van der Waals surface area contributed by atoms with Gasteiger partial charge in [-0.15, -0.1) is 10.2 Å². The molecule has 4 aromatic rings. The Labute approximate surface area is 166 Å². The van der Waals surface area contributed by atoms with Crippen LogP contribution in [-0.2, 0) is 4.79 Å². The van der Waals surface area contributed by atoms with Crippen LogP contribution in [0.15, 0.2) is 67.0 Å². The van der Waals surface area contributed by atoms with Crippen molar-refractivity contribution in [2.24, 2.45) is 0 Å².